The van der Waals surface area contributed by atoms with Gasteiger partial charge in [-0.1, -0.05) is 52.0 Å². The lowest BCUT2D eigenvalue weighted by molar-refractivity contribution is 0.440. The summed E-state index contributed by atoms with van der Waals surface area (Å²) in [4.78, 5) is 0. The first kappa shape index (κ1) is 12.9. The van der Waals surface area contributed by atoms with Crippen molar-refractivity contribution in [3.8, 4) is 0 Å². The maximum absolute atomic E-state index is 2.44. The van der Waals surface area contributed by atoms with Gasteiger partial charge in [0.1, 0.15) is 0 Å². The zero-order chi connectivity index (χ0) is 11.5. The van der Waals surface area contributed by atoms with Gasteiger partial charge in [0.2, 0.25) is 0 Å². The molecule has 0 aliphatic heterocycles. The molecular formula is C14H24S. The third-order valence-electron chi connectivity index (χ3n) is 3.17. The molecule has 0 N–H and O–H groups in total. The minimum absolute atomic E-state index is 0.233. The second-order valence-corrected chi connectivity index (χ2v) is 6.49. The Bertz CT molecular complexity index is 248. The molecule has 0 aromatic rings. The third kappa shape index (κ3) is 3.71. The van der Waals surface area contributed by atoms with E-state index in [1.165, 1.54) is 6.42 Å². The van der Waals surface area contributed by atoms with Crippen LogP contribution < -0.4 is 0 Å². The van der Waals surface area contributed by atoms with Crippen molar-refractivity contribution < 1.29 is 0 Å². The molecule has 0 aromatic carbocycles. The number of rotatable bonds is 2. The van der Waals surface area contributed by atoms with Gasteiger partial charge in [-0.05, 0) is 24.5 Å². The lowest BCUT2D eigenvalue weighted by atomic mass is 9.83. The van der Waals surface area contributed by atoms with Gasteiger partial charge in [0, 0.05) is 10.7 Å². The zero-order valence-electron chi connectivity index (χ0n) is 10.7. The van der Waals surface area contributed by atoms with E-state index in [0.717, 1.165) is 11.2 Å². The van der Waals surface area contributed by atoms with Crippen molar-refractivity contribution in [1.82, 2.24) is 0 Å². The summed E-state index contributed by atoms with van der Waals surface area (Å²) < 4.78 is 0. The second kappa shape index (κ2) is 5.25. The number of hydrogen-bond acceptors (Lipinski definition) is 1. The van der Waals surface area contributed by atoms with E-state index >= 15 is 0 Å². The van der Waals surface area contributed by atoms with Gasteiger partial charge in [-0.25, -0.2) is 0 Å². The highest BCUT2D eigenvalue weighted by atomic mass is 32.2. The summed E-state index contributed by atoms with van der Waals surface area (Å²) in [5.74, 6) is 1.45. The predicted molar refractivity (Wildman–Crippen MR) is 72.3 cm³/mol. The Morgan fingerprint density at radius 1 is 1.27 bits per heavy atom. The Labute approximate surface area is 99.2 Å². The van der Waals surface area contributed by atoms with Gasteiger partial charge >= 0.3 is 0 Å². The maximum atomic E-state index is 2.44. The van der Waals surface area contributed by atoms with E-state index in [1.54, 1.807) is 0 Å². The molecule has 15 heavy (non-hydrogen) atoms. The lowest BCUT2D eigenvalue weighted by Gasteiger charge is -2.29. The summed E-state index contributed by atoms with van der Waals surface area (Å²) in [5, 5.41) is 0.744. The van der Waals surface area contributed by atoms with Crippen molar-refractivity contribution in [2.45, 2.75) is 39.4 Å². The Morgan fingerprint density at radius 2 is 1.93 bits per heavy atom. The van der Waals surface area contributed by atoms with E-state index in [2.05, 4.69) is 58.3 Å². The molecule has 1 heteroatoms. The van der Waals surface area contributed by atoms with Gasteiger partial charge in [-0.15, -0.1) is 0 Å². The quantitative estimate of drug-likeness (QED) is 0.621. The van der Waals surface area contributed by atoms with E-state index in [0.29, 0.717) is 5.92 Å². The van der Waals surface area contributed by atoms with Crippen molar-refractivity contribution in [3.05, 3.63) is 24.3 Å². The summed E-state index contributed by atoms with van der Waals surface area (Å²) in [5.41, 5.74) is 0.233. The van der Waals surface area contributed by atoms with Gasteiger partial charge in [0.15, 0.2) is 0 Å². The monoisotopic (exact) mass is 224 g/mol. The Morgan fingerprint density at radius 3 is 2.47 bits per heavy atom. The predicted octanol–water partition coefficient (Wildman–Crippen LogP) is 4.53. The first-order valence-corrected chi connectivity index (χ1v) is 7.15. The maximum Gasteiger partial charge on any atom is 0.0144 e. The smallest absolute Gasteiger partial charge is 0.0144 e. The molecule has 86 valence electrons. The molecule has 0 saturated heterocycles. The van der Waals surface area contributed by atoms with Crippen LogP contribution in [0.25, 0.3) is 0 Å². The van der Waals surface area contributed by atoms with Crippen LogP contribution >= 0.6 is 11.8 Å². The zero-order valence-corrected chi connectivity index (χ0v) is 11.5. The van der Waals surface area contributed by atoms with Crippen LogP contribution in [0.5, 0.6) is 0 Å². The summed E-state index contributed by atoms with van der Waals surface area (Å²) in [7, 11) is 0. The Hall–Kier alpha value is -0.170. The molecule has 0 aromatic heterocycles. The highest BCUT2D eigenvalue weighted by Gasteiger charge is 2.23. The second-order valence-electron chi connectivity index (χ2n) is 5.41. The number of thioether (sulfide) groups is 1. The molecule has 1 aliphatic carbocycles. The first-order chi connectivity index (χ1) is 6.96. The highest BCUT2D eigenvalue weighted by Crippen LogP contribution is 2.33. The first-order valence-electron chi connectivity index (χ1n) is 5.86. The van der Waals surface area contributed by atoms with Gasteiger partial charge in [-0.2, -0.15) is 11.8 Å². The van der Waals surface area contributed by atoms with Crippen LogP contribution in [0.3, 0.4) is 0 Å². The normalized spacial score (nSPS) is 34.5. The number of allylic oxidation sites excluding steroid dienone is 4. The van der Waals surface area contributed by atoms with E-state index in [4.69, 9.17) is 0 Å². The molecule has 2 atom stereocenters. The average molecular weight is 224 g/mol. The minimum atomic E-state index is 0.233. The van der Waals surface area contributed by atoms with Crippen LogP contribution in [0.2, 0.25) is 0 Å². The standard InChI is InChI=1S/C14H24S/c1-11(2)12-8-10-14(3,4)9-6-7-13(12)15-5/h6,8-13H,7H2,1-5H3/b9-6-,10-8-. The third-order valence-corrected chi connectivity index (χ3v) is 4.28. The molecule has 0 radical (unpaired) electrons. The molecule has 2 unspecified atom stereocenters. The van der Waals surface area contributed by atoms with Crippen LogP contribution in [-0.4, -0.2) is 11.5 Å². The molecule has 1 aliphatic rings. The van der Waals surface area contributed by atoms with Crippen molar-refractivity contribution in [2.24, 2.45) is 17.3 Å². The minimum Gasteiger partial charge on any atom is -0.161 e. The summed E-state index contributed by atoms with van der Waals surface area (Å²) in [6, 6.07) is 0. The van der Waals surface area contributed by atoms with Crippen molar-refractivity contribution >= 4 is 11.8 Å². The highest BCUT2D eigenvalue weighted by molar-refractivity contribution is 7.99. The van der Waals surface area contributed by atoms with E-state index in [-0.39, 0.29) is 5.41 Å². The van der Waals surface area contributed by atoms with Gasteiger partial charge in [0.25, 0.3) is 0 Å². The summed E-state index contributed by atoms with van der Waals surface area (Å²) in [6.45, 7) is 9.21. The molecule has 1 rings (SSSR count). The molecule has 0 spiro atoms. The fourth-order valence-corrected chi connectivity index (χ4v) is 3.13. The molecule has 0 nitrogen and oxygen atoms in total. The fourth-order valence-electron chi connectivity index (χ4n) is 2.11. The van der Waals surface area contributed by atoms with Crippen molar-refractivity contribution in [3.63, 3.8) is 0 Å². The molecular weight excluding hydrogens is 200 g/mol. The molecule has 0 bridgehead atoms. The Kier molecular flexibility index (Phi) is 4.51. The van der Waals surface area contributed by atoms with Crippen molar-refractivity contribution in [2.75, 3.05) is 6.26 Å². The van der Waals surface area contributed by atoms with E-state index in [9.17, 15) is 0 Å². The van der Waals surface area contributed by atoms with Gasteiger partial charge in [0.05, 0.1) is 0 Å². The van der Waals surface area contributed by atoms with E-state index in [1.807, 2.05) is 11.8 Å². The summed E-state index contributed by atoms with van der Waals surface area (Å²) in [6.07, 6.45) is 12.9. The van der Waals surface area contributed by atoms with Crippen molar-refractivity contribution in [1.29, 1.82) is 0 Å². The van der Waals surface area contributed by atoms with Crippen LogP contribution in [-0.2, 0) is 0 Å². The Balaban J connectivity index is 2.87. The van der Waals surface area contributed by atoms with Crippen LogP contribution in [0.15, 0.2) is 24.3 Å². The van der Waals surface area contributed by atoms with Crippen LogP contribution in [0.4, 0.5) is 0 Å². The van der Waals surface area contributed by atoms with Gasteiger partial charge in [-0.3, -0.25) is 0 Å². The number of hydrogen-bond donors (Lipinski definition) is 0. The lowest BCUT2D eigenvalue weighted by Crippen LogP contribution is -2.22. The largest absolute Gasteiger partial charge is 0.161 e. The molecule has 0 saturated carbocycles. The summed E-state index contributed by atoms with van der Waals surface area (Å²) >= 11 is 2.00. The molecule has 0 amide bonds. The van der Waals surface area contributed by atoms with E-state index < -0.39 is 0 Å². The van der Waals surface area contributed by atoms with Crippen LogP contribution in [0.1, 0.15) is 34.1 Å². The SMILES string of the molecule is CSC1C/C=C\C(C)(C)/C=C\C1C(C)C. The average Bonchev–Trinajstić information content (AvgIpc) is 2.11. The molecule has 0 heterocycles. The van der Waals surface area contributed by atoms with Crippen LogP contribution in [0, 0.1) is 17.3 Å². The molecule has 0 fully saturated rings. The topological polar surface area (TPSA) is 0 Å². The van der Waals surface area contributed by atoms with Gasteiger partial charge < -0.3 is 0 Å². The fraction of sp³-hybridized carbons (Fsp3) is 0.714.